The molecule has 1 aliphatic heterocycles. The number of aryl methyl sites for hydroxylation is 2. The number of carbonyl (C=O) groups excluding carboxylic acids is 1. The van der Waals surface area contributed by atoms with Crippen LogP contribution in [-0.4, -0.2) is 48.8 Å². The van der Waals surface area contributed by atoms with Gasteiger partial charge in [0.1, 0.15) is 17.3 Å². The van der Waals surface area contributed by atoms with Gasteiger partial charge in [-0.05, 0) is 26.0 Å². The Labute approximate surface area is 134 Å². The predicted molar refractivity (Wildman–Crippen MR) is 82.2 cm³/mol. The molecule has 0 bridgehead atoms. The maximum absolute atomic E-state index is 12.2. The lowest BCUT2D eigenvalue weighted by molar-refractivity contribution is 0.0116. The van der Waals surface area contributed by atoms with Crippen molar-refractivity contribution < 1.29 is 18.5 Å². The molecule has 1 amide bonds. The molecule has 1 fully saturated rings. The monoisotopic (exact) mass is 319 g/mol. The number of nitrogens with zero attached hydrogens (tertiary/aromatic N) is 2. The highest BCUT2D eigenvalue weighted by atomic mass is 16.5. The van der Waals surface area contributed by atoms with E-state index < -0.39 is 0 Å². The smallest absolute Gasteiger partial charge is 0.273 e. The van der Waals surface area contributed by atoms with E-state index in [-0.39, 0.29) is 11.9 Å². The molecule has 2 aromatic heterocycles. The van der Waals surface area contributed by atoms with Crippen LogP contribution in [0.5, 0.6) is 0 Å². The molecule has 7 heteroatoms. The van der Waals surface area contributed by atoms with Crippen LogP contribution in [0.25, 0.3) is 0 Å². The number of hydrogen-bond donors (Lipinski definition) is 1. The van der Waals surface area contributed by atoms with Gasteiger partial charge in [-0.1, -0.05) is 5.16 Å². The number of morpholine rings is 1. The van der Waals surface area contributed by atoms with E-state index in [1.807, 2.05) is 19.1 Å². The van der Waals surface area contributed by atoms with Crippen molar-refractivity contribution in [2.45, 2.75) is 19.9 Å². The van der Waals surface area contributed by atoms with Gasteiger partial charge >= 0.3 is 0 Å². The zero-order valence-electron chi connectivity index (χ0n) is 13.4. The van der Waals surface area contributed by atoms with E-state index in [1.54, 1.807) is 13.0 Å². The first-order valence-corrected chi connectivity index (χ1v) is 7.73. The van der Waals surface area contributed by atoms with Gasteiger partial charge in [-0.25, -0.2) is 0 Å². The lowest BCUT2D eigenvalue weighted by atomic mass is 10.1. The van der Waals surface area contributed by atoms with Crippen molar-refractivity contribution in [3.63, 3.8) is 0 Å². The van der Waals surface area contributed by atoms with Gasteiger partial charge in [0, 0.05) is 25.7 Å². The van der Waals surface area contributed by atoms with Crippen molar-refractivity contribution in [3.05, 3.63) is 41.2 Å². The van der Waals surface area contributed by atoms with Crippen LogP contribution in [0.2, 0.25) is 0 Å². The lowest BCUT2D eigenvalue weighted by Gasteiger charge is -2.33. The number of hydrogen-bond acceptors (Lipinski definition) is 6. The molecule has 7 nitrogen and oxygen atoms in total. The van der Waals surface area contributed by atoms with Crippen LogP contribution < -0.4 is 5.32 Å². The van der Waals surface area contributed by atoms with Crippen LogP contribution in [0.15, 0.2) is 27.1 Å². The van der Waals surface area contributed by atoms with E-state index in [9.17, 15) is 4.79 Å². The molecular formula is C16H21N3O4. The molecule has 23 heavy (non-hydrogen) atoms. The van der Waals surface area contributed by atoms with Gasteiger partial charge in [0.2, 0.25) is 0 Å². The number of furan rings is 1. The standard InChI is InChI=1S/C16H21N3O4/c1-11-3-4-15(22-11)14(19-5-7-21-8-6-19)10-17-16(20)13-9-12(2)23-18-13/h3-4,9,14H,5-8,10H2,1-2H3,(H,17,20)/t14-/m0/s1. The Hall–Kier alpha value is -2.12. The SMILES string of the molecule is Cc1cc(C(=O)NC[C@@H](c2ccc(C)o2)N2CCOCC2)no1. The summed E-state index contributed by atoms with van der Waals surface area (Å²) in [6.07, 6.45) is 0. The average Bonchev–Trinajstić information content (AvgIpc) is 3.17. The maximum atomic E-state index is 12.2. The van der Waals surface area contributed by atoms with Crippen molar-refractivity contribution in [2.24, 2.45) is 0 Å². The quantitative estimate of drug-likeness (QED) is 0.903. The molecule has 1 saturated heterocycles. The maximum Gasteiger partial charge on any atom is 0.273 e. The second kappa shape index (κ2) is 6.97. The Morgan fingerprint density at radius 2 is 2.09 bits per heavy atom. The molecule has 0 aliphatic carbocycles. The Morgan fingerprint density at radius 3 is 2.70 bits per heavy atom. The van der Waals surface area contributed by atoms with Crippen LogP contribution in [0.4, 0.5) is 0 Å². The molecule has 2 aromatic rings. The predicted octanol–water partition coefficient (Wildman–Crippen LogP) is 1.69. The normalized spacial score (nSPS) is 17.1. The molecule has 124 valence electrons. The summed E-state index contributed by atoms with van der Waals surface area (Å²) in [5.74, 6) is 2.07. The van der Waals surface area contributed by atoms with Crippen molar-refractivity contribution in [1.82, 2.24) is 15.4 Å². The fraction of sp³-hybridized carbons (Fsp3) is 0.500. The molecule has 0 unspecified atom stereocenters. The highest BCUT2D eigenvalue weighted by molar-refractivity contribution is 5.92. The van der Waals surface area contributed by atoms with Crippen LogP contribution >= 0.6 is 0 Å². The van der Waals surface area contributed by atoms with Crippen molar-refractivity contribution in [2.75, 3.05) is 32.8 Å². The number of amides is 1. The Morgan fingerprint density at radius 1 is 1.30 bits per heavy atom. The van der Waals surface area contributed by atoms with Gasteiger partial charge in [0.25, 0.3) is 5.91 Å². The van der Waals surface area contributed by atoms with E-state index in [0.717, 1.165) is 24.6 Å². The summed E-state index contributed by atoms with van der Waals surface area (Å²) in [6.45, 7) is 7.10. The number of aromatic nitrogens is 1. The van der Waals surface area contributed by atoms with Gasteiger partial charge in [0.15, 0.2) is 5.69 Å². The zero-order valence-corrected chi connectivity index (χ0v) is 13.4. The second-order valence-corrected chi connectivity index (χ2v) is 5.65. The molecule has 1 N–H and O–H groups in total. The largest absolute Gasteiger partial charge is 0.465 e. The highest BCUT2D eigenvalue weighted by Gasteiger charge is 2.26. The lowest BCUT2D eigenvalue weighted by Crippen LogP contribution is -2.43. The average molecular weight is 319 g/mol. The summed E-state index contributed by atoms with van der Waals surface area (Å²) in [5, 5.41) is 6.65. The zero-order chi connectivity index (χ0) is 16.2. The van der Waals surface area contributed by atoms with Crippen LogP contribution in [0.1, 0.15) is 33.8 Å². The van der Waals surface area contributed by atoms with Gasteiger partial charge in [-0.15, -0.1) is 0 Å². The van der Waals surface area contributed by atoms with E-state index >= 15 is 0 Å². The summed E-state index contributed by atoms with van der Waals surface area (Å²) in [6, 6.07) is 5.49. The first-order chi connectivity index (χ1) is 11.1. The highest BCUT2D eigenvalue weighted by Crippen LogP contribution is 2.23. The third-order valence-electron chi connectivity index (χ3n) is 3.89. The molecule has 0 saturated carbocycles. The van der Waals surface area contributed by atoms with Gasteiger partial charge in [-0.3, -0.25) is 9.69 Å². The fourth-order valence-electron chi connectivity index (χ4n) is 2.68. The second-order valence-electron chi connectivity index (χ2n) is 5.65. The molecule has 1 aliphatic rings. The summed E-state index contributed by atoms with van der Waals surface area (Å²) >= 11 is 0. The molecule has 0 spiro atoms. The van der Waals surface area contributed by atoms with Crippen molar-refractivity contribution in [1.29, 1.82) is 0 Å². The summed E-state index contributed by atoms with van der Waals surface area (Å²) in [7, 11) is 0. The molecular weight excluding hydrogens is 298 g/mol. The minimum atomic E-state index is -0.247. The van der Waals surface area contributed by atoms with Gasteiger partial charge in [0.05, 0.1) is 19.3 Å². The topological polar surface area (TPSA) is 80.7 Å². The van der Waals surface area contributed by atoms with Crippen LogP contribution in [0.3, 0.4) is 0 Å². The minimum Gasteiger partial charge on any atom is -0.465 e. The molecule has 0 aromatic carbocycles. The fourth-order valence-corrected chi connectivity index (χ4v) is 2.68. The van der Waals surface area contributed by atoms with E-state index in [1.165, 1.54) is 0 Å². The van der Waals surface area contributed by atoms with Gasteiger partial charge in [-0.2, -0.15) is 0 Å². The minimum absolute atomic E-state index is 0.0236. The summed E-state index contributed by atoms with van der Waals surface area (Å²) in [4.78, 5) is 14.4. The number of nitrogens with one attached hydrogen (secondary N) is 1. The van der Waals surface area contributed by atoms with E-state index in [2.05, 4.69) is 15.4 Å². The van der Waals surface area contributed by atoms with E-state index in [0.29, 0.717) is 31.2 Å². The van der Waals surface area contributed by atoms with Crippen LogP contribution in [-0.2, 0) is 4.74 Å². The molecule has 0 radical (unpaired) electrons. The third kappa shape index (κ3) is 3.80. The summed E-state index contributed by atoms with van der Waals surface area (Å²) in [5.41, 5.74) is 0.291. The third-order valence-corrected chi connectivity index (χ3v) is 3.89. The number of carbonyl (C=O) groups is 1. The Kier molecular flexibility index (Phi) is 4.78. The molecule has 3 heterocycles. The van der Waals surface area contributed by atoms with Crippen molar-refractivity contribution in [3.8, 4) is 0 Å². The Bertz CT molecular complexity index is 658. The van der Waals surface area contributed by atoms with E-state index in [4.69, 9.17) is 13.7 Å². The van der Waals surface area contributed by atoms with Crippen molar-refractivity contribution >= 4 is 5.91 Å². The molecule has 1 atom stereocenters. The number of ether oxygens (including phenoxy) is 1. The molecule has 3 rings (SSSR count). The van der Waals surface area contributed by atoms with Gasteiger partial charge < -0.3 is 19.0 Å². The first-order valence-electron chi connectivity index (χ1n) is 7.73. The summed E-state index contributed by atoms with van der Waals surface area (Å²) < 4.78 is 16.1. The Balaban J connectivity index is 1.69. The first kappa shape index (κ1) is 15.8. The number of rotatable bonds is 5. The van der Waals surface area contributed by atoms with Crippen LogP contribution in [0, 0.1) is 13.8 Å².